The van der Waals surface area contributed by atoms with Crippen LogP contribution in [0.1, 0.15) is 40.0 Å². The van der Waals surface area contributed by atoms with Crippen molar-refractivity contribution in [3.05, 3.63) is 0 Å². The third-order valence-corrected chi connectivity index (χ3v) is 4.36. The Hall–Kier alpha value is -0.0800. The van der Waals surface area contributed by atoms with Crippen LogP contribution in [0.4, 0.5) is 0 Å². The molecule has 0 radical (unpaired) electrons. The maximum Gasteiger partial charge on any atom is 0.0121 e. The lowest BCUT2D eigenvalue weighted by molar-refractivity contribution is 0.113. The second-order valence-corrected chi connectivity index (χ2v) is 6.30. The number of rotatable bonds is 1. The predicted molar refractivity (Wildman–Crippen MR) is 69.6 cm³/mol. The van der Waals surface area contributed by atoms with E-state index >= 15 is 0 Å². The van der Waals surface area contributed by atoms with Gasteiger partial charge >= 0.3 is 0 Å². The molecule has 2 fully saturated rings. The molecule has 0 bridgehead atoms. The summed E-state index contributed by atoms with van der Waals surface area (Å²) in [6.45, 7) is 12.2. The van der Waals surface area contributed by atoms with Crippen molar-refractivity contribution in [3.63, 3.8) is 0 Å². The van der Waals surface area contributed by atoms with E-state index in [1.165, 1.54) is 45.4 Å². The molecule has 1 saturated heterocycles. The summed E-state index contributed by atoms with van der Waals surface area (Å²) in [5.41, 5.74) is 0. The highest BCUT2D eigenvalue weighted by Crippen LogP contribution is 2.30. The number of hydrogen-bond acceptors (Lipinski definition) is 2. The molecule has 0 amide bonds. The lowest BCUT2D eigenvalue weighted by Crippen LogP contribution is -2.47. The zero-order valence-corrected chi connectivity index (χ0v) is 11.2. The smallest absolute Gasteiger partial charge is 0.0121 e. The largest absolute Gasteiger partial charge is 0.316 e. The van der Waals surface area contributed by atoms with Crippen molar-refractivity contribution in [1.29, 1.82) is 0 Å². The van der Waals surface area contributed by atoms with E-state index < -0.39 is 0 Å². The average molecular weight is 224 g/mol. The lowest BCUT2D eigenvalue weighted by Gasteiger charge is -2.37. The molecule has 1 saturated carbocycles. The standard InChI is InChI=1S/C14H28N2/c1-11-7-15-8-12(2)10-16(9-11)14-6-4-5-13(14)3/h11-15H,4-10H2,1-3H3. The summed E-state index contributed by atoms with van der Waals surface area (Å²) >= 11 is 0. The first kappa shape index (κ1) is 12.4. The molecule has 2 aliphatic rings. The van der Waals surface area contributed by atoms with E-state index in [4.69, 9.17) is 0 Å². The third-order valence-electron chi connectivity index (χ3n) is 4.36. The zero-order valence-electron chi connectivity index (χ0n) is 11.2. The van der Waals surface area contributed by atoms with Crippen LogP contribution in [-0.2, 0) is 0 Å². The normalized spacial score (nSPS) is 42.9. The van der Waals surface area contributed by atoms with Crippen LogP contribution >= 0.6 is 0 Å². The van der Waals surface area contributed by atoms with E-state index in [0.717, 1.165) is 23.8 Å². The summed E-state index contributed by atoms with van der Waals surface area (Å²) in [5.74, 6) is 2.53. The van der Waals surface area contributed by atoms with Gasteiger partial charge in [-0.1, -0.05) is 27.2 Å². The first-order valence-corrected chi connectivity index (χ1v) is 7.11. The van der Waals surface area contributed by atoms with E-state index in [-0.39, 0.29) is 0 Å². The topological polar surface area (TPSA) is 15.3 Å². The van der Waals surface area contributed by atoms with Crippen molar-refractivity contribution in [1.82, 2.24) is 10.2 Å². The fraction of sp³-hybridized carbons (Fsp3) is 1.00. The Labute approximate surface area is 101 Å². The quantitative estimate of drug-likeness (QED) is 0.735. The highest BCUT2D eigenvalue weighted by atomic mass is 15.2. The van der Waals surface area contributed by atoms with Gasteiger partial charge in [-0.2, -0.15) is 0 Å². The van der Waals surface area contributed by atoms with Gasteiger partial charge in [0.2, 0.25) is 0 Å². The first-order valence-electron chi connectivity index (χ1n) is 7.11. The SMILES string of the molecule is CC1CNCC(C)CN(C2CCCC2C)C1. The molecule has 4 unspecified atom stereocenters. The van der Waals surface area contributed by atoms with Crippen LogP contribution in [0.5, 0.6) is 0 Å². The minimum atomic E-state index is 0.806. The molecule has 2 nitrogen and oxygen atoms in total. The van der Waals surface area contributed by atoms with Gasteiger partial charge in [-0.15, -0.1) is 0 Å². The van der Waals surface area contributed by atoms with Crippen molar-refractivity contribution >= 4 is 0 Å². The van der Waals surface area contributed by atoms with Gasteiger partial charge in [-0.05, 0) is 43.7 Å². The minimum absolute atomic E-state index is 0.806. The van der Waals surface area contributed by atoms with Crippen LogP contribution < -0.4 is 5.32 Å². The Morgan fingerprint density at radius 1 is 0.938 bits per heavy atom. The molecular formula is C14H28N2. The van der Waals surface area contributed by atoms with E-state index in [1.807, 2.05) is 0 Å². The van der Waals surface area contributed by atoms with Gasteiger partial charge < -0.3 is 5.32 Å². The van der Waals surface area contributed by atoms with Crippen molar-refractivity contribution in [2.75, 3.05) is 26.2 Å². The molecule has 2 rings (SSSR count). The van der Waals surface area contributed by atoms with Crippen molar-refractivity contribution < 1.29 is 0 Å². The molecule has 0 spiro atoms. The van der Waals surface area contributed by atoms with E-state index in [9.17, 15) is 0 Å². The van der Waals surface area contributed by atoms with Gasteiger partial charge in [0.15, 0.2) is 0 Å². The molecule has 0 aromatic heterocycles. The summed E-state index contributed by atoms with van der Waals surface area (Å²) in [4.78, 5) is 2.80. The maximum atomic E-state index is 3.58. The maximum absolute atomic E-state index is 3.58. The van der Waals surface area contributed by atoms with E-state index in [2.05, 4.69) is 31.0 Å². The van der Waals surface area contributed by atoms with Gasteiger partial charge in [-0.3, -0.25) is 4.90 Å². The van der Waals surface area contributed by atoms with Gasteiger partial charge in [0.25, 0.3) is 0 Å². The first-order chi connectivity index (χ1) is 7.66. The Bertz CT molecular complexity index is 205. The molecule has 2 heteroatoms. The number of nitrogens with one attached hydrogen (secondary N) is 1. The lowest BCUT2D eigenvalue weighted by atomic mass is 9.99. The molecule has 1 aliphatic heterocycles. The average Bonchev–Trinajstić information content (AvgIpc) is 2.61. The van der Waals surface area contributed by atoms with Crippen molar-refractivity contribution in [2.24, 2.45) is 17.8 Å². The predicted octanol–water partition coefficient (Wildman–Crippen LogP) is 2.35. The monoisotopic (exact) mass is 224 g/mol. The van der Waals surface area contributed by atoms with Crippen LogP contribution in [0.2, 0.25) is 0 Å². The summed E-state index contributed by atoms with van der Waals surface area (Å²) in [6.07, 6.45) is 4.33. The van der Waals surface area contributed by atoms with Crippen LogP contribution in [-0.4, -0.2) is 37.1 Å². The second kappa shape index (κ2) is 5.50. The van der Waals surface area contributed by atoms with Gasteiger partial charge in [-0.25, -0.2) is 0 Å². The molecule has 1 aliphatic carbocycles. The van der Waals surface area contributed by atoms with Gasteiger partial charge in [0.1, 0.15) is 0 Å². The van der Waals surface area contributed by atoms with E-state index in [0.29, 0.717) is 0 Å². The zero-order chi connectivity index (χ0) is 11.5. The fourth-order valence-corrected chi connectivity index (χ4v) is 3.52. The summed E-state index contributed by atoms with van der Waals surface area (Å²) < 4.78 is 0. The van der Waals surface area contributed by atoms with E-state index in [1.54, 1.807) is 0 Å². The minimum Gasteiger partial charge on any atom is -0.316 e. The molecule has 0 aromatic carbocycles. The second-order valence-electron chi connectivity index (χ2n) is 6.30. The number of nitrogens with zero attached hydrogens (tertiary/aromatic N) is 1. The third kappa shape index (κ3) is 2.98. The van der Waals surface area contributed by atoms with Crippen LogP contribution in [0.15, 0.2) is 0 Å². The van der Waals surface area contributed by atoms with Gasteiger partial charge in [0, 0.05) is 19.1 Å². The Balaban J connectivity index is 1.98. The van der Waals surface area contributed by atoms with Crippen molar-refractivity contribution in [2.45, 2.75) is 46.1 Å². The fourth-order valence-electron chi connectivity index (χ4n) is 3.52. The molecule has 16 heavy (non-hydrogen) atoms. The number of hydrogen-bond donors (Lipinski definition) is 1. The van der Waals surface area contributed by atoms with Crippen LogP contribution in [0.25, 0.3) is 0 Å². The Kier molecular flexibility index (Phi) is 4.26. The molecule has 1 N–H and O–H groups in total. The van der Waals surface area contributed by atoms with Gasteiger partial charge in [0.05, 0.1) is 0 Å². The highest BCUT2D eigenvalue weighted by Gasteiger charge is 2.31. The molecule has 0 aromatic rings. The Morgan fingerprint density at radius 2 is 1.56 bits per heavy atom. The molecule has 4 atom stereocenters. The summed E-state index contributed by atoms with van der Waals surface area (Å²) in [7, 11) is 0. The Morgan fingerprint density at radius 3 is 2.06 bits per heavy atom. The summed E-state index contributed by atoms with van der Waals surface area (Å²) in [5, 5.41) is 3.58. The molecular weight excluding hydrogens is 196 g/mol. The van der Waals surface area contributed by atoms with Crippen LogP contribution in [0.3, 0.4) is 0 Å². The van der Waals surface area contributed by atoms with Crippen molar-refractivity contribution in [3.8, 4) is 0 Å². The molecule has 1 heterocycles. The van der Waals surface area contributed by atoms with Crippen LogP contribution in [0, 0.1) is 17.8 Å². The summed E-state index contributed by atoms with van der Waals surface area (Å²) in [6, 6.07) is 0.878. The molecule has 94 valence electrons. The highest BCUT2D eigenvalue weighted by molar-refractivity contribution is 4.86.